The molecule has 142 valence electrons. The molecule has 1 atom stereocenters. The molecule has 0 radical (unpaired) electrons. The number of hydrogen-bond acceptors (Lipinski definition) is 5. The molecule has 0 spiro atoms. The Bertz CT molecular complexity index is 718. The third-order valence-electron chi connectivity index (χ3n) is 5.79. The van der Waals surface area contributed by atoms with E-state index >= 15 is 0 Å². The Morgan fingerprint density at radius 3 is 2.58 bits per heavy atom. The zero-order chi connectivity index (χ0) is 18.5. The molecule has 1 unspecified atom stereocenters. The Kier molecular flexibility index (Phi) is 4.25. The smallest absolute Gasteiger partial charge is 0.293 e. The number of benzene rings is 1. The lowest BCUT2D eigenvalue weighted by Crippen LogP contribution is -2.47. The van der Waals surface area contributed by atoms with Gasteiger partial charge in [0, 0.05) is 50.3 Å². The molecule has 1 aromatic rings. The number of nitro groups is 1. The van der Waals surface area contributed by atoms with Crippen molar-refractivity contribution in [2.45, 2.75) is 38.2 Å². The lowest BCUT2D eigenvalue weighted by atomic mass is 9.94. The van der Waals surface area contributed by atoms with Crippen molar-refractivity contribution in [3.63, 3.8) is 0 Å². The lowest BCUT2D eigenvalue weighted by Gasteiger charge is -2.35. The topological polar surface area (TPSA) is 58.9 Å². The molecule has 0 N–H and O–H groups in total. The summed E-state index contributed by atoms with van der Waals surface area (Å²) in [7, 11) is 0. The van der Waals surface area contributed by atoms with Gasteiger partial charge in [-0.2, -0.15) is 0 Å². The van der Waals surface area contributed by atoms with Crippen LogP contribution in [0.15, 0.2) is 12.1 Å². The summed E-state index contributed by atoms with van der Waals surface area (Å²) >= 11 is 0. The van der Waals surface area contributed by atoms with E-state index < -0.39 is 6.43 Å². The molecule has 26 heavy (non-hydrogen) atoms. The number of halogens is 2. The molecule has 6 nitrogen and oxygen atoms in total. The van der Waals surface area contributed by atoms with E-state index in [-0.39, 0.29) is 22.8 Å². The molecule has 1 saturated heterocycles. The standard InChI is InChI=1S/C18H23F2N3O3/c1-18(13-2-3-13)10-12-8-15(23(24)25)14(9-16(12)26-18)22-6-4-21(5-7-22)11-17(19)20/h8-9,13,17H,2-7,10-11H2,1H3. The number of piperazine rings is 1. The van der Waals surface area contributed by atoms with Gasteiger partial charge >= 0.3 is 0 Å². The first-order valence-electron chi connectivity index (χ1n) is 9.11. The molecular formula is C18H23F2N3O3. The van der Waals surface area contributed by atoms with Gasteiger partial charge in [0.25, 0.3) is 12.1 Å². The van der Waals surface area contributed by atoms with E-state index in [9.17, 15) is 18.9 Å². The average molecular weight is 367 g/mol. The number of hydrogen-bond donors (Lipinski definition) is 0. The van der Waals surface area contributed by atoms with E-state index in [1.807, 2.05) is 4.90 Å². The summed E-state index contributed by atoms with van der Waals surface area (Å²) in [5.41, 5.74) is 1.25. The molecule has 0 aromatic heterocycles. The summed E-state index contributed by atoms with van der Waals surface area (Å²) in [4.78, 5) is 14.9. The second-order valence-corrected chi connectivity index (χ2v) is 7.75. The SMILES string of the molecule is CC1(C2CC2)Cc2cc([N+](=O)[O-])c(N3CCN(CC(F)F)CC3)cc2O1. The van der Waals surface area contributed by atoms with Crippen LogP contribution in [-0.4, -0.2) is 54.6 Å². The minimum Gasteiger partial charge on any atom is -0.487 e. The molecule has 1 aliphatic carbocycles. The number of nitro benzene ring substituents is 1. The summed E-state index contributed by atoms with van der Waals surface area (Å²) in [5.74, 6) is 1.25. The van der Waals surface area contributed by atoms with Crippen molar-refractivity contribution in [3.05, 3.63) is 27.8 Å². The fraction of sp³-hybridized carbons (Fsp3) is 0.667. The predicted molar refractivity (Wildman–Crippen MR) is 93.2 cm³/mol. The van der Waals surface area contributed by atoms with Crippen LogP contribution in [0.1, 0.15) is 25.3 Å². The Labute approximate surface area is 150 Å². The molecule has 1 aromatic carbocycles. The van der Waals surface area contributed by atoms with Crippen LogP contribution >= 0.6 is 0 Å². The molecule has 3 aliphatic rings. The van der Waals surface area contributed by atoms with Gasteiger partial charge in [-0.1, -0.05) is 0 Å². The van der Waals surface area contributed by atoms with Crippen molar-refractivity contribution in [1.82, 2.24) is 4.90 Å². The highest BCUT2D eigenvalue weighted by Crippen LogP contribution is 2.50. The largest absolute Gasteiger partial charge is 0.487 e. The van der Waals surface area contributed by atoms with E-state index in [0.29, 0.717) is 44.2 Å². The molecule has 2 heterocycles. The summed E-state index contributed by atoms with van der Waals surface area (Å²) in [6, 6.07) is 3.42. The quantitative estimate of drug-likeness (QED) is 0.591. The third kappa shape index (κ3) is 3.22. The highest BCUT2D eigenvalue weighted by Gasteiger charge is 2.48. The van der Waals surface area contributed by atoms with E-state index in [0.717, 1.165) is 24.2 Å². The number of ether oxygens (including phenoxy) is 1. The van der Waals surface area contributed by atoms with E-state index in [1.165, 1.54) is 0 Å². The maximum Gasteiger partial charge on any atom is 0.293 e. The summed E-state index contributed by atoms with van der Waals surface area (Å²) < 4.78 is 31.3. The minimum absolute atomic E-state index is 0.0784. The van der Waals surface area contributed by atoms with Gasteiger partial charge in [-0.15, -0.1) is 0 Å². The van der Waals surface area contributed by atoms with Crippen molar-refractivity contribution >= 4 is 11.4 Å². The van der Waals surface area contributed by atoms with Gasteiger partial charge < -0.3 is 9.64 Å². The van der Waals surface area contributed by atoms with Gasteiger partial charge in [-0.05, 0) is 25.7 Å². The second-order valence-electron chi connectivity index (χ2n) is 7.75. The number of nitrogens with zero attached hydrogens (tertiary/aromatic N) is 3. The van der Waals surface area contributed by atoms with Crippen LogP contribution < -0.4 is 9.64 Å². The first-order valence-corrected chi connectivity index (χ1v) is 9.11. The van der Waals surface area contributed by atoms with Gasteiger partial charge in [0.1, 0.15) is 17.0 Å². The van der Waals surface area contributed by atoms with Crippen LogP contribution in [-0.2, 0) is 6.42 Å². The van der Waals surface area contributed by atoms with Gasteiger partial charge in [-0.25, -0.2) is 8.78 Å². The van der Waals surface area contributed by atoms with Crippen LogP contribution in [0.5, 0.6) is 5.75 Å². The van der Waals surface area contributed by atoms with Crippen LogP contribution in [0.4, 0.5) is 20.2 Å². The van der Waals surface area contributed by atoms with E-state index in [4.69, 9.17) is 4.74 Å². The highest BCUT2D eigenvalue weighted by atomic mass is 19.3. The predicted octanol–water partition coefficient (Wildman–Crippen LogP) is 3.09. The number of anilines is 1. The molecule has 2 aliphatic heterocycles. The zero-order valence-corrected chi connectivity index (χ0v) is 14.8. The molecule has 2 fully saturated rings. The Balaban J connectivity index is 1.56. The Morgan fingerprint density at radius 2 is 2.00 bits per heavy atom. The molecule has 4 rings (SSSR count). The fourth-order valence-electron chi connectivity index (χ4n) is 4.19. The van der Waals surface area contributed by atoms with Crippen LogP contribution in [0, 0.1) is 16.0 Å². The van der Waals surface area contributed by atoms with Crippen molar-refractivity contribution in [2.75, 3.05) is 37.6 Å². The van der Waals surface area contributed by atoms with Gasteiger partial charge in [0.05, 0.1) is 11.5 Å². The number of fused-ring (bicyclic) bond motifs is 1. The van der Waals surface area contributed by atoms with Gasteiger partial charge in [-0.3, -0.25) is 15.0 Å². The maximum absolute atomic E-state index is 12.5. The summed E-state index contributed by atoms with van der Waals surface area (Å²) in [6.45, 7) is 3.76. The first-order chi connectivity index (χ1) is 12.4. The maximum atomic E-state index is 12.5. The zero-order valence-electron chi connectivity index (χ0n) is 14.8. The van der Waals surface area contributed by atoms with E-state index in [1.54, 1.807) is 17.0 Å². The van der Waals surface area contributed by atoms with Crippen molar-refractivity contribution in [2.24, 2.45) is 5.92 Å². The molecule has 1 saturated carbocycles. The normalized spacial score (nSPS) is 26.1. The number of rotatable bonds is 5. The highest BCUT2D eigenvalue weighted by molar-refractivity contribution is 5.69. The van der Waals surface area contributed by atoms with Crippen LogP contribution in [0.25, 0.3) is 0 Å². The van der Waals surface area contributed by atoms with Crippen molar-refractivity contribution in [3.8, 4) is 5.75 Å². The molecule has 0 amide bonds. The van der Waals surface area contributed by atoms with E-state index in [2.05, 4.69) is 6.92 Å². The second kappa shape index (κ2) is 6.33. The molecular weight excluding hydrogens is 344 g/mol. The summed E-state index contributed by atoms with van der Waals surface area (Å²) in [6.07, 6.45) is 0.636. The average Bonchev–Trinajstić information content (AvgIpc) is 3.37. The molecule has 0 bridgehead atoms. The Hall–Kier alpha value is -1.96. The van der Waals surface area contributed by atoms with Crippen molar-refractivity contribution < 1.29 is 18.4 Å². The third-order valence-corrected chi connectivity index (χ3v) is 5.79. The molecule has 8 heteroatoms. The monoisotopic (exact) mass is 367 g/mol. The lowest BCUT2D eigenvalue weighted by molar-refractivity contribution is -0.384. The van der Waals surface area contributed by atoms with Crippen LogP contribution in [0.2, 0.25) is 0 Å². The van der Waals surface area contributed by atoms with Crippen molar-refractivity contribution in [1.29, 1.82) is 0 Å². The number of alkyl halides is 2. The minimum atomic E-state index is -2.36. The van der Waals surface area contributed by atoms with Gasteiger partial charge in [0.2, 0.25) is 0 Å². The Morgan fingerprint density at radius 1 is 1.31 bits per heavy atom. The van der Waals surface area contributed by atoms with Gasteiger partial charge in [0.15, 0.2) is 0 Å². The fourth-order valence-corrected chi connectivity index (χ4v) is 4.19. The summed E-state index contributed by atoms with van der Waals surface area (Å²) in [5, 5.41) is 11.6. The van der Waals surface area contributed by atoms with Crippen LogP contribution in [0.3, 0.4) is 0 Å². The first kappa shape index (κ1) is 17.5.